The molecule has 200 valence electrons. The molecule has 3 N–H and O–H groups in total. The normalized spacial score (nSPS) is 11.9. The molecule has 0 spiro atoms. The van der Waals surface area contributed by atoms with Crippen LogP contribution in [0.4, 0.5) is 23.1 Å². The number of ketones is 1. The van der Waals surface area contributed by atoms with Gasteiger partial charge in [-0.05, 0) is 81.8 Å². The topological polar surface area (TPSA) is 113 Å². The Morgan fingerprint density at radius 2 is 1.59 bits per heavy atom. The van der Waals surface area contributed by atoms with E-state index in [1.165, 1.54) is 0 Å². The van der Waals surface area contributed by atoms with Crippen molar-refractivity contribution in [1.82, 2.24) is 14.7 Å². The molecular formula is C30H31N5O3S. The highest BCUT2D eigenvalue weighted by atomic mass is 32.2. The number of carbonyl (C=O) groups is 1. The molecule has 0 aliphatic heterocycles. The van der Waals surface area contributed by atoms with Crippen molar-refractivity contribution >= 4 is 45.0 Å². The molecular weight excluding hydrogens is 510 g/mol. The van der Waals surface area contributed by atoms with Crippen molar-refractivity contribution in [2.75, 3.05) is 10.6 Å². The zero-order valence-electron chi connectivity index (χ0n) is 22.3. The average molecular weight is 542 g/mol. The summed E-state index contributed by atoms with van der Waals surface area (Å²) in [6.07, 6.45) is 5.01. The molecule has 0 amide bonds. The Morgan fingerprint density at radius 3 is 2.28 bits per heavy atom. The number of nitrogens with one attached hydrogen (secondary N) is 3. The molecule has 0 radical (unpaired) electrons. The van der Waals surface area contributed by atoms with Gasteiger partial charge < -0.3 is 10.6 Å². The second-order valence-corrected chi connectivity index (χ2v) is 11.7. The summed E-state index contributed by atoms with van der Waals surface area (Å²) >= 11 is 0. The molecule has 8 nitrogen and oxygen atoms in total. The third-order valence-corrected chi connectivity index (χ3v) is 7.23. The number of hydrogen-bond acceptors (Lipinski definition) is 7. The maximum atomic E-state index is 12.7. The molecule has 9 heteroatoms. The summed E-state index contributed by atoms with van der Waals surface area (Å²) in [6, 6.07) is 23.3. The molecule has 1 aromatic heterocycles. The third kappa shape index (κ3) is 7.83. The fourth-order valence-electron chi connectivity index (χ4n) is 3.65. The van der Waals surface area contributed by atoms with E-state index in [2.05, 4.69) is 25.3 Å². The van der Waals surface area contributed by atoms with Crippen molar-refractivity contribution in [2.24, 2.45) is 0 Å². The monoisotopic (exact) mass is 541 g/mol. The summed E-state index contributed by atoms with van der Waals surface area (Å²) in [4.78, 5) is 21.6. The summed E-state index contributed by atoms with van der Waals surface area (Å²) in [5.41, 5.74) is 3.00. The first-order chi connectivity index (χ1) is 18.5. The van der Waals surface area contributed by atoms with Crippen LogP contribution < -0.4 is 15.4 Å². The predicted molar refractivity (Wildman–Crippen MR) is 156 cm³/mol. The molecule has 1 heterocycles. The van der Waals surface area contributed by atoms with Gasteiger partial charge >= 0.3 is 0 Å². The fourth-order valence-corrected chi connectivity index (χ4v) is 5.11. The van der Waals surface area contributed by atoms with Gasteiger partial charge in [0, 0.05) is 34.2 Å². The smallest absolute Gasteiger partial charge is 0.241 e. The first-order valence-electron chi connectivity index (χ1n) is 12.4. The molecule has 39 heavy (non-hydrogen) atoms. The number of aromatic nitrogens is 2. The van der Waals surface area contributed by atoms with E-state index in [0.717, 1.165) is 16.8 Å². The van der Waals surface area contributed by atoms with Gasteiger partial charge in [-0.3, -0.25) is 4.79 Å². The molecule has 3 aromatic carbocycles. The van der Waals surface area contributed by atoms with Crippen LogP contribution in [-0.4, -0.2) is 29.7 Å². The number of nitrogens with zero attached hydrogens (tertiary/aromatic N) is 2. The number of sulfonamides is 1. The maximum absolute atomic E-state index is 12.7. The van der Waals surface area contributed by atoms with Crippen molar-refractivity contribution in [1.29, 1.82) is 0 Å². The van der Waals surface area contributed by atoms with Crippen molar-refractivity contribution in [3.8, 4) is 0 Å². The lowest BCUT2D eigenvalue weighted by Crippen LogP contribution is -2.40. The zero-order chi connectivity index (χ0) is 28.0. The van der Waals surface area contributed by atoms with Gasteiger partial charge in [0.25, 0.3) is 0 Å². The number of anilines is 4. The number of carbonyl (C=O) groups excluding carboxylic acids is 1. The van der Waals surface area contributed by atoms with E-state index in [1.807, 2.05) is 37.3 Å². The average Bonchev–Trinajstić information content (AvgIpc) is 2.89. The van der Waals surface area contributed by atoms with Gasteiger partial charge in [-0.25, -0.2) is 18.1 Å². The van der Waals surface area contributed by atoms with E-state index < -0.39 is 15.6 Å². The summed E-state index contributed by atoms with van der Waals surface area (Å²) in [5.74, 6) is 0.790. The van der Waals surface area contributed by atoms with Crippen molar-refractivity contribution < 1.29 is 13.2 Å². The molecule has 0 aliphatic rings. The number of hydrogen-bond donors (Lipinski definition) is 3. The van der Waals surface area contributed by atoms with Crippen molar-refractivity contribution in [3.63, 3.8) is 0 Å². The highest BCUT2D eigenvalue weighted by Gasteiger charge is 2.22. The highest BCUT2D eigenvalue weighted by molar-refractivity contribution is 7.89. The van der Waals surface area contributed by atoms with Crippen LogP contribution >= 0.6 is 0 Å². The molecule has 0 atom stereocenters. The Labute approximate surface area is 229 Å². The van der Waals surface area contributed by atoms with Crippen LogP contribution in [-0.2, 0) is 10.0 Å². The van der Waals surface area contributed by atoms with E-state index in [9.17, 15) is 13.2 Å². The molecule has 0 bridgehead atoms. The highest BCUT2D eigenvalue weighted by Crippen LogP contribution is 2.24. The van der Waals surface area contributed by atoms with Crippen LogP contribution in [0, 0.1) is 6.92 Å². The van der Waals surface area contributed by atoms with Gasteiger partial charge in [0.2, 0.25) is 16.0 Å². The summed E-state index contributed by atoms with van der Waals surface area (Å²) in [7, 11) is -3.68. The number of allylic oxidation sites excluding steroid dienone is 1. The van der Waals surface area contributed by atoms with Crippen LogP contribution in [0.1, 0.15) is 42.3 Å². The largest absolute Gasteiger partial charge is 0.340 e. The first-order valence-corrected chi connectivity index (χ1v) is 13.9. The first kappa shape index (κ1) is 27.7. The zero-order valence-corrected chi connectivity index (χ0v) is 23.1. The van der Waals surface area contributed by atoms with Gasteiger partial charge in [0.1, 0.15) is 5.82 Å². The van der Waals surface area contributed by atoms with Gasteiger partial charge in [-0.2, -0.15) is 4.98 Å². The van der Waals surface area contributed by atoms with Gasteiger partial charge in [-0.15, -0.1) is 0 Å². The van der Waals surface area contributed by atoms with E-state index in [1.54, 1.807) is 87.7 Å². The van der Waals surface area contributed by atoms with Crippen LogP contribution in [0.3, 0.4) is 0 Å². The minimum atomic E-state index is -3.68. The third-order valence-electron chi connectivity index (χ3n) is 5.47. The molecule has 4 aromatic rings. The predicted octanol–water partition coefficient (Wildman–Crippen LogP) is 6.25. The molecule has 0 unspecified atom stereocenters. The Hall–Kier alpha value is -4.34. The lowest BCUT2D eigenvalue weighted by molar-refractivity contribution is 0.104. The minimum absolute atomic E-state index is 0.0922. The standard InChI is InChI=1S/C30H31N5O3S/c1-21-20-31-29(33-24-16-14-23(15-17-24)27(36)18-13-22-9-6-5-7-10-22)34-28(21)32-25-11-8-12-26(19-25)39(37,38)35-30(2,3)4/h5-20,35H,1-4H3,(H2,31,32,33,34). The quantitative estimate of drug-likeness (QED) is 0.170. The fraction of sp³-hybridized carbons (Fsp3) is 0.167. The van der Waals surface area contributed by atoms with Crippen LogP contribution in [0.2, 0.25) is 0 Å². The molecule has 0 aliphatic carbocycles. The molecule has 0 saturated heterocycles. The van der Waals surface area contributed by atoms with Crippen LogP contribution in [0.25, 0.3) is 6.08 Å². The van der Waals surface area contributed by atoms with Crippen molar-refractivity contribution in [3.05, 3.63) is 108 Å². The van der Waals surface area contributed by atoms with Crippen LogP contribution in [0.15, 0.2) is 96.0 Å². The van der Waals surface area contributed by atoms with Crippen LogP contribution in [0.5, 0.6) is 0 Å². The second kappa shape index (κ2) is 11.6. The number of aryl methyl sites for hydroxylation is 1. The lowest BCUT2D eigenvalue weighted by Gasteiger charge is -2.20. The van der Waals surface area contributed by atoms with E-state index in [4.69, 9.17) is 0 Å². The van der Waals surface area contributed by atoms with Gasteiger partial charge in [0.05, 0.1) is 4.90 Å². The summed E-state index contributed by atoms with van der Waals surface area (Å²) in [6.45, 7) is 7.23. The number of benzene rings is 3. The summed E-state index contributed by atoms with van der Waals surface area (Å²) in [5, 5.41) is 6.33. The summed E-state index contributed by atoms with van der Waals surface area (Å²) < 4.78 is 28.1. The SMILES string of the molecule is Cc1cnc(Nc2ccc(C(=O)C=Cc3ccccc3)cc2)nc1Nc1cccc(S(=O)(=O)NC(C)(C)C)c1. The maximum Gasteiger partial charge on any atom is 0.241 e. The Kier molecular flexibility index (Phi) is 8.23. The van der Waals surface area contributed by atoms with E-state index >= 15 is 0 Å². The molecule has 4 rings (SSSR count). The van der Waals surface area contributed by atoms with E-state index in [0.29, 0.717) is 23.0 Å². The van der Waals surface area contributed by atoms with Gasteiger partial charge in [0.15, 0.2) is 5.78 Å². The minimum Gasteiger partial charge on any atom is -0.340 e. The molecule has 0 saturated carbocycles. The molecule has 0 fully saturated rings. The van der Waals surface area contributed by atoms with Gasteiger partial charge in [-0.1, -0.05) is 42.5 Å². The Bertz CT molecular complexity index is 1590. The van der Waals surface area contributed by atoms with Crippen molar-refractivity contribution in [2.45, 2.75) is 38.1 Å². The van der Waals surface area contributed by atoms with E-state index in [-0.39, 0.29) is 10.7 Å². The Balaban J connectivity index is 1.46. The second-order valence-electron chi connectivity index (χ2n) is 10.0. The number of rotatable bonds is 9. The Morgan fingerprint density at radius 1 is 0.872 bits per heavy atom. The lowest BCUT2D eigenvalue weighted by atomic mass is 10.1.